The van der Waals surface area contributed by atoms with Crippen LogP contribution >= 0.6 is 11.3 Å². The van der Waals surface area contributed by atoms with Crippen LogP contribution in [-0.2, 0) is 11.3 Å². The zero-order valence-electron chi connectivity index (χ0n) is 19.2. The number of nitrogens with zero attached hydrogens (tertiary/aromatic N) is 3. The largest absolute Gasteiger partial charge is 0.454 e. The molecule has 0 spiro atoms. The van der Waals surface area contributed by atoms with Gasteiger partial charge in [0.05, 0.1) is 15.9 Å². The highest BCUT2D eigenvalue weighted by Gasteiger charge is 2.15. The molecule has 3 heterocycles. The number of aryl methyl sites for hydroxylation is 1. The molecule has 5 aromatic rings. The summed E-state index contributed by atoms with van der Waals surface area (Å²) in [4.78, 5) is 29.7. The Bertz CT molecular complexity index is 1670. The number of hydrogen-bond acceptors (Lipinski definition) is 7. The van der Waals surface area contributed by atoms with Crippen molar-refractivity contribution >= 4 is 33.1 Å². The zero-order chi connectivity index (χ0) is 24.6. The summed E-state index contributed by atoms with van der Waals surface area (Å²) in [6.45, 7) is 2.02. The molecule has 0 saturated heterocycles. The van der Waals surface area contributed by atoms with Gasteiger partial charge in [-0.15, -0.1) is 11.3 Å². The number of carbonyl (C=O) groups is 1. The van der Waals surface area contributed by atoms with E-state index in [1.807, 2.05) is 36.4 Å². The van der Waals surface area contributed by atoms with E-state index >= 15 is 0 Å². The highest BCUT2D eigenvalue weighted by Crippen LogP contribution is 2.35. The van der Waals surface area contributed by atoms with Crippen LogP contribution in [0.2, 0.25) is 0 Å². The number of fused-ring (bicyclic) bond motifs is 2. The van der Waals surface area contributed by atoms with Gasteiger partial charge in [0, 0.05) is 22.9 Å². The molecule has 1 amide bonds. The van der Waals surface area contributed by atoms with Crippen molar-refractivity contribution in [1.29, 1.82) is 0 Å². The quantitative estimate of drug-likeness (QED) is 0.373. The summed E-state index contributed by atoms with van der Waals surface area (Å²) in [5.41, 5.74) is 4.72. The van der Waals surface area contributed by atoms with E-state index in [0.29, 0.717) is 22.9 Å². The molecule has 0 aliphatic carbocycles. The third-order valence-corrected chi connectivity index (χ3v) is 6.86. The molecule has 0 unspecified atom stereocenters. The smallest absolute Gasteiger partial charge is 0.267 e. The minimum atomic E-state index is -0.365. The molecule has 0 bridgehead atoms. The Morgan fingerprint density at radius 2 is 1.78 bits per heavy atom. The van der Waals surface area contributed by atoms with E-state index in [9.17, 15) is 9.59 Å². The molecular formula is C27H20N4O4S. The number of rotatable bonds is 5. The molecule has 6 rings (SSSR count). The summed E-state index contributed by atoms with van der Waals surface area (Å²) in [7, 11) is 0. The van der Waals surface area contributed by atoms with Crippen LogP contribution in [0.25, 0.3) is 32.0 Å². The Kier molecular flexibility index (Phi) is 5.46. The van der Waals surface area contributed by atoms with Crippen LogP contribution in [0.4, 0.5) is 5.69 Å². The lowest BCUT2D eigenvalue weighted by atomic mass is 10.1. The number of thiazole rings is 1. The maximum Gasteiger partial charge on any atom is 0.267 e. The Morgan fingerprint density at radius 3 is 2.64 bits per heavy atom. The summed E-state index contributed by atoms with van der Waals surface area (Å²) >= 11 is 1.63. The molecule has 1 N–H and O–H groups in total. The van der Waals surface area contributed by atoms with E-state index in [0.717, 1.165) is 31.0 Å². The average Bonchev–Trinajstić information content (AvgIpc) is 3.52. The number of aromatic nitrogens is 3. The Balaban J connectivity index is 1.16. The third kappa shape index (κ3) is 4.32. The zero-order valence-corrected chi connectivity index (χ0v) is 20.0. The van der Waals surface area contributed by atoms with Gasteiger partial charge in [-0.3, -0.25) is 9.59 Å². The molecule has 178 valence electrons. The highest BCUT2D eigenvalue weighted by atomic mass is 32.1. The van der Waals surface area contributed by atoms with Gasteiger partial charge in [0.15, 0.2) is 11.5 Å². The second-order valence-electron chi connectivity index (χ2n) is 8.40. The predicted octanol–water partition coefficient (Wildman–Crippen LogP) is 4.86. The van der Waals surface area contributed by atoms with E-state index in [1.165, 1.54) is 11.6 Å². The van der Waals surface area contributed by atoms with Gasteiger partial charge in [0.1, 0.15) is 11.6 Å². The van der Waals surface area contributed by atoms with E-state index in [-0.39, 0.29) is 24.8 Å². The van der Waals surface area contributed by atoms with E-state index in [4.69, 9.17) is 14.5 Å². The second kappa shape index (κ2) is 8.94. The molecule has 0 saturated carbocycles. The van der Waals surface area contributed by atoms with E-state index < -0.39 is 0 Å². The molecule has 1 aliphatic rings. The van der Waals surface area contributed by atoms with Crippen molar-refractivity contribution in [3.63, 3.8) is 0 Å². The molecule has 36 heavy (non-hydrogen) atoms. The lowest BCUT2D eigenvalue weighted by molar-refractivity contribution is -0.117. The first-order chi connectivity index (χ1) is 17.5. The summed E-state index contributed by atoms with van der Waals surface area (Å²) in [6.07, 6.45) is 0. The van der Waals surface area contributed by atoms with Gasteiger partial charge in [0.25, 0.3) is 5.56 Å². The Morgan fingerprint density at radius 1 is 0.972 bits per heavy atom. The van der Waals surface area contributed by atoms with E-state index in [2.05, 4.69) is 29.5 Å². The number of hydrogen-bond donors (Lipinski definition) is 1. The van der Waals surface area contributed by atoms with Crippen LogP contribution in [0.3, 0.4) is 0 Å². The van der Waals surface area contributed by atoms with Crippen molar-refractivity contribution in [1.82, 2.24) is 14.8 Å². The number of amides is 1. The maximum absolute atomic E-state index is 12.7. The molecule has 3 aromatic carbocycles. The number of carbonyl (C=O) groups excluding carboxylic acids is 1. The topological polar surface area (TPSA) is 95.3 Å². The van der Waals surface area contributed by atoms with Crippen molar-refractivity contribution in [2.75, 3.05) is 12.1 Å². The normalized spacial score (nSPS) is 12.1. The van der Waals surface area contributed by atoms with Gasteiger partial charge in [-0.2, -0.15) is 5.10 Å². The minimum absolute atomic E-state index is 0.174. The second-order valence-corrected chi connectivity index (χ2v) is 9.43. The van der Waals surface area contributed by atoms with Gasteiger partial charge in [-0.1, -0.05) is 6.07 Å². The van der Waals surface area contributed by atoms with Gasteiger partial charge >= 0.3 is 0 Å². The monoisotopic (exact) mass is 496 g/mol. The average molecular weight is 497 g/mol. The van der Waals surface area contributed by atoms with Crippen LogP contribution in [-0.4, -0.2) is 27.5 Å². The van der Waals surface area contributed by atoms with Crippen molar-refractivity contribution in [3.8, 4) is 33.3 Å². The standard InChI is InChI=1S/C27H20N4O4S/c1-16-2-8-21-24(12-16)36-27(29-21)17-3-6-19(7-4-17)28-25(32)14-31-26(33)11-9-20(30-31)18-5-10-22-23(13-18)35-15-34-22/h2-13H,14-15H2,1H3,(H,28,32). The van der Waals surface area contributed by atoms with Crippen molar-refractivity contribution in [2.24, 2.45) is 0 Å². The van der Waals surface area contributed by atoms with Crippen LogP contribution in [0.15, 0.2) is 77.6 Å². The lowest BCUT2D eigenvalue weighted by Crippen LogP contribution is -2.29. The van der Waals surface area contributed by atoms with Crippen LogP contribution in [0.1, 0.15) is 5.56 Å². The predicted molar refractivity (Wildman–Crippen MR) is 138 cm³/mol. The van der Waals surface area contributed by atoms with Crippen LogP contribution in [0, 0.1) is 6.92 Å². The van der Waals surface area contributed by atoms with Gasteiger partial charge in [-0.05, 0) is 73.2 Å². The number of benzene rings is 3. The first-order valence-electron chi connectivity index (χ1n) is 11.3. The fourth-order valence-electron chi connectivity index (χ4n) is 3.96. The minimum Gasteiger partial charge on any atom is -0.454 e. The molecule has 0 fully saturated rings. The molecule has 0 atom stereocenters. The van der Waals surface area contributed by atoms with Gasteiger partial charge < -0.3 is 14.8 Å². The summed E-state index contributed by atoms with van der Waals surface area (Å²) < 4.78 is 13.0. The van der Waals surface area contributed by atoms with Gasteiger partial charge in [-0.25, -0.2) is 9.67 Å². The maximum atomic E-state index is 12.7. The molecule has 9 heteroatoms. The van der Waals surface area contributed by atoms with Crippen LogP contribution < -0.4 is 20.3 Å². The Hall–Kier alpha value is -4.50. The molecule has 1 aliphatic heterocycles. The van der Waals surface area contributed by atoms with Crippen molar-refractivity contribution in [3.05, 3.63) is 88.7 Å². The van der Waals surface area contributed by atoms with Crippen molar-refractivity contribution in [2.45, 2.75) is 13.5 Å². The SMILES string of the molecule is Cc1ccc2nc(-c3ccc(NC(=O)Cn4nc(-c5ccc6c(c5)OCO6)ccc4=O)cc3)sc2c1. The third-order valence-electron chi connectivity index (χ3n) is 5.79. The lowest BCUT2D eigenvalue weighted by Gasteiger charge is -2.09. The number of anilines is 1. The van der Waals surface area contributed by atoms with Crippen molar-refractivity contribution < 1.29 is 14.3 Å². The first kappa shape index (κ1) is 22.0. The summed E-state index contributed by atoms with van der Waals surface area (Å²) in [6, 6.07) is 22.1. The number of nitrogens with one attached hydrogen (secondary N) is 1. The molecule has 8 nitrogen and oxygen atoms in total. The summed E-state index contributed by atoms with van der Waals surface area (Å²) in [5.74, 6) is 0.931. The fourth-order valence-corrected chi connectivity index (χ4v) is 5.03. The van der Waals surface area contributed by atoms with Gasteiger partial charge in [0.2, 0.25) is 12.7 Å². The molecule has 0 radical (unpaired) electrons. The Labute approximate surface area is 209 Å². The summed E-state index contributed by atoms with van der Waals surface area (Å²) in [5, 5.41) is 8.12. The molecular weight excluding hydrogens is 476 g/mol. The van der Waals surface area contributed by atoms with Crippen LogP contribution in [0.5, 0.6) is 11.5 Å². The first-order valence-corrected chi connectivity index (χ1v) is 12.1. The molecule has 2 aromatic heterocycles. The number of ether oxygens (including phenoxy) is 2. The fraction of sp³-hybridized carbons (Fsp3) is 0.111. The highest BCUT2D eigenvalue weighted by molar-refractivity contribution is 7.21. The van der Waals surface area contributed by atoms with E-state index in [1.54, 1.807) is 29.5 Å².